The minimum absolute atomic E-state index is 0.0323. The molecule has 0 aliphatic heterocycles. The molecule has 0 fully saturated rings. The summed E-state index contributed by atoms with van der Waals surface area (Å²) in [6, 6.07) is 65.3. The third-order valence-corrected chi connectivity index (χ3v) is 12.1. The van der Waals surface area contributed by atoms with E-state index in [0.717, 1.165) is 11.4 Å². The molecule has 0 saturated heterocycles. The van der Waals surface area contributed by atoms with E-state index >= 15 is 0 Å². The number of nitrogens with zero attached hydrogens (tertiary/aromatic N) is 1. The Hall–Kier alpha value is -6.18. The van der Waals surface area contributed by atoms with Crippen LogP contribution in [0.15, 0.2) is 176 Å². The highest BCUT2D eigenvalue weighted by Gasteiger charge is 2.38. The van der Waals surface area contributed by atoms with Crippen LogP contribution in [0.4, 0.5) is 17.1 Å². The lowest BCUT2D eigenvalue weighted by Crippen LogP contribution is -2.16. The minimum atomic E-state index is -0.0849. The Labute approximate surface area is 312 Å². The third kappa shape index (κ3) is 4.84. The molecule has 10 rings (SSSR count). The average Bonchev–Trinajstić information content (AvgIpc) is 3.58. The van der Waals surface area contributed by atoms with E-state index in [9.17, 15) is 0 Å². The molecule has 0 saturated carbocycles. The van der Waals surface area contributed by atoms with E-state index in [1.165, 1.54) is 83.2 Å². The van der Waals surface area contributed by atoms with Gasteiger partial charge in [0, 0.05) is 27.8 Å². The zero-order valence-electron chi connectivity index (χ0n) is 30.7. The van der Waals surface area contributed by atoms with Gasteiger partial charge in [-0.2, -0.15) is 0 Å². The first kappa shape index (κ1) is 31.5. The van der Waals surface area contributed by atoms with Crippen LogP contribution in [0.5, 0.6) is 0 Å². The van der Waals surface area contributed by atoms with Gasteiger partial charge in [-0.3, -0.25) is 0 Å². The van der Waals surface area contributed by atoms with Gasteiger partial charge in [-0.1, -0.05) is 161 Å². The summed E-state index contributed by atoms with van der Waals surface area (Å²) in [5.41, 5.74) is 19.2. The summed E-state index contributed by atoms with van der Waals surface area (Å²) in [5, 5.41) is 2.52. The van der Waals surface area contributed by atoms with Crippen LogP contribution in [0.2, 0.25) is 0 Å². The lowest BCUT2D eigenvalue weighted by molar-refractivity contribution is 0.660. The molecule has 0 amide bonds. The van der Waals surface area contributed by atoms with Gasteiger partial charge in [0.2, 0.25) is 0 Å². The molecule has 0 radical (unpaired) electrons. The molecule has 8 aromatic rings. The summed E-state index contributed by atoms with van der Waals surface area (Å²) in [6.07, 6.45) is 0. The van der Waals surface area contributed by atoms with Crippen LogP contribution in [-0.2, 0) is 10.8 Å². The molecule has 8 aromatic carbocycles. The van der Waals surface area contributed by atoms with E-state index in [-0.39, 0.29) is 10.8 Å². The third-order valence-electron chi connectivity index (χ3n) is 12.1. The topological polar surface area (TPSA) is 3.24 Å². The number of benzene rings is 8. The molecule has 53 heavy (non-hydrogen) atoms. The highest BCUT2D eigenvalue weighted by Crippen LogP contribution is 2.54. The summed E-state index contributed by atoms with van der Waals surface area (Å²) in [5.74, 6) is 0. The smallest absolute Gasteiger partial charge is 0.0543 e. The van der Waals surface area contributed by atoms with Crippen LogP contribution in [0.3, 0.4) is 0 Å². The number of hydrogen-bond donors (Lipinski definition) is 0. The molecule has 1 heteroatoms. The molecule has 2 aliphatic carbocycles. The Kier molecular flexibility index (Phi) is 6.94. The summed E-state index contributed by atoms with van der Waals surface area (Å²) in [6.45, 7) is 9.42. The lowest BCUT2D eigenvalue weighted by Gasteiger charge is -2.29. The van der Waals surface area contributed by atoms with Crippen LogP contribution in [-0.4, -0.2) is 0 Å². The predicted molar refractivity (Wildman–Crippen MR) is 225 cm³/mol. The molecule has 0 unspecified atom stereocenters. The maximum absolute atomic E-state index is 2.45. The molecule has 0 N–H and O–H groups in total. The van der Waals surface area contributed by atoms with E-state index in [0.29, 0.717) is 0 Å². The molecular formula is C52H41N. The van der Waals surface area contributed by atoms with Crippen LogP contribution in [0.1, 0.15) is 49.9 Å². The average molecular weight is 680 g/mol. The first-order valence-electron chi connectivity index (χ1n) is 18.8. The first-order valence-corrected chi connectivity index (χ1v) is 18.8. The molecule has 0 heterocycles. The fourth-order valence-electron chi connectivity index (χ4n) is 9.21. The van der Waals surface area contributed by atoms with Gasteiger partial charge in [-0.25, -0.2) is 0 Å². The Morgan fingerprint density at radius 1 is 0.340 bits per heavy atom. The van der Waals surface area contributed by atoms with E-state index < -0.39 is 0 Å². The van der Waals surface area contributed by atoms with Crippen molar-refractivity contribution in [3.8, 4) is 44.5 Å². The number of anilines is 3. The second kappa shape index (κ2) is 11.7. The highest BCUT2D eigenvalue weighted by atomic mass is 15.1. The Morgan fingerprint density at radius 2 is 0.830 bits per heavy atom. The SMILES string of the molecule is CC1(C)c2ccccc2-c2ccc(-c3ccc(N(c4ccc(-c5ccc6ccccc6c5)cc4)c4cccc5c4-c4ccccc4C5(C)C)cc3)cc21. The maximum atomic E-state index is 2.45. The van der Waals surface area contributed by atoms with E-state index in [1.807, 2.05) is 0 Å². The van der Waals surface area contributed by atoms with Crippen LogP contribution in [0, 0.1) is 0 Å². The molecule has 254 valence electrons. The molecule has 0 atom stereocenters. The fourth-order valence-corrected chi connectivity index (χ4v) is 9.21. The van der Waals surface area contributed by atoms with Gasteiger partial charge in [0.1, 0.15) is 0 Å². The van der Waals surface area contributed by atoms with Gasteiger partial charge in [0.25, 0.3) is 0 Å². The maximum Gasteiger partial charge on any atom is 0.0543 e. The van der Waals surface area contributed by atoms with Crippen LogP contribution in [0.25, 0.3) is 55.3 Å². The second-order valence-corrected chi connectivity index (χ2v) is 15.8. The molecule has 0 aromatic heterocycles. The van der Waals surface area contributed by atoms with Gasteiger partial charge in [0.05, 0.1) is 5.69 Å². The van der Waals surface area contributed by atoms with E-state index in [1.54, 1.807) is 0 Å². The van der Waals surface area contributed by atoms with Gasteiger partial charge in [-0.15, -0.1) is 0 Å². The quantitative estimate of drug-likeness (QED) is 0.175. The van der Waals surface area contributed by atoms with Crippen molar-refractivity contribution >= 4 is 27.8 Å². The molecule has 0 spiro atoms. The molecule has 0 bridgehead atoms. The Morgan fingerprint density at radius 3 is 1.53 bits per heavy atom. The van der Waals surface area contributed by atoms with Crippen molar-refractivity contribution in [2.75, 3.05) is 4.90 Å². The fraction of sp³-hybridized carbons (Fsp3) is 0.115. The van der Waals surface area contributed by atoms with Crippen molar-refractivity contribution in [2.45, 2.75) is 38.5 Å². The van der Waals surface area contributed by atoms with Gasteiger partial charge in [0.15, 0.2) is 0 Å². The predicted octanol–water partition coefficient (Wildman–Crippen LogP) is 14.3. The summed E-state index contributed by atoms with van der Waals surface area (Å²) in [7, 11) is 0. The summed E-state index contributed by atoms with van der Waals surface area (Å²) in [4.78, 5) is 2.45. The van der Waals surface area contributed by atoms with Crippen LogP contribution >= 0.6 is 0 Å². The standard InChI is InChI=1S/C52H41N/c1-51(2)46-17-10-8-15-44(46)50-47(51)18-11-19-49(50)53(40-27-22-35(23-28-40)38-21-20-34-12-5-6-13-37(34)32-38)41-29-24-36(25-30-41)39-26-31-43-42-14-7-9-16-45(42)52(3,4)48(43)33-39/h5-33H,1-4H3. The second-order valence-electron chi connectivity index (χ2n) is 15.8. The van der Waals surface area contributed by atoms with Gasteiger partial charge in [-0.05, 0) is 114 Å². The Bertz CT molecular complexity index is 2710. The Balaban J connectivity index is 1.08. The lowest BCUT2D eigenvalue weighted by atomic mass is 9.81. The number of hydrogen-bond acceptors (Lipinski definition) is 1. The highest BCUT2D eigenvalue weighted by molar-refractivity contribution is 5.96. The van der Waals surface area contributed by atoms with Gasteiger partial charge < -0.3 is 4.90 Å². The van der Waals surface area contributed by atoms with Crippen molar-refractivity contribution in [1.29, 1.82) is 0 Å². The first-order chi connectivity index (χ1) is 25.8. The zero-order chi connectivity index (χ0) is 35.9. The molecule has 2 aliphatic rings. The molecular weight excluding hydrogens is 639 g/mol. The number of fused-ring (bicyclic) bond motifs is 7. The van der Waals surface area contributed by atoms with E-state index in [4.69, 9.17) is 0 Å². The summed E-state index contributed by atoms with van der Waals surface area (Å²) >= 11 is 0. The van der Waals surface area contributed by atoms with Gasteiger partial charge >= 0.3 is 0 Å². The van der Waals surface area contributed by atoms with Crippen molar-refractivity contribution < 1.29 is 0 Å². The normalized spacial score (nSPS) is 14.3. The molecule has 1 nitrogen and oxygen atoms in total. The summed E-state index contributed by atoms with van der Waals surface area (Å²) < 4.78 is 0. The zero-order valence-corrected chi connectivity index (χ0v) is 30.7. The number of rotatable bonds is 5. The van der Waals surface area contributed by atoms with Crippen molar-refractivity contribution in [3.63, 3.8) is 0 Å². The van der Waals surface area contributed by atoms with Crippen molar-refractivity contribution in [1.82, 2.24) is 0 Å². The van der Waals surface area contributed by atoms with Crippen molar-refractivity contribution in [2.24, 2.45) is 0 Å². The minimum Gasteiger partial charge on any atom is -0.310 e. The van der Waals surface area contributed by atoms with E-state index in [2.05, 4.69) is 209 Å². The monoisotopic (exact) mass is 679 g/mol. The largest absolute Gasteiger partial charge is 0.310 e. The van der Waals surface area contributed by atoms with Crippen LogP contribution < -0.4 is 4.90 Å². The van der Waals surface area contributed by atoms with Crippen molar-refractivity contribution in [3.05, 3.63) is 198 Å².